The highest BCUT2D eigenvalue weighted by Gasteiger charge is 2.42. The molecule has 0 aromatic heterocycles. The molecule has 23 heavy (non-hydrogen) atoms. The highest BCUT2D eigenvalue weighted by atomic mass is 16.6. The van der Waals surface area contributed by atoms with Crippen LogP contribution < -0.4 is 4.90 Å². The fourth-order valence-corrected chi connectivity index (χ4v) is 2.41. The second-order valence-electron chi connectivity index (χ2n) is 5.99. The van der Waals surface area contributed by atoms with Crippen LogP contribution >= 0.6 is 0 Å². The van der Waals surface area contributed by atoms with Gasteiger partial charge in [0, 0.05) is 18.1 Å². The monoisotopic (exact) mass is 315 g/mol. The van der Waals surface area contributed by atoms with E-state index in [4.69, 9.17) is 9.47 Å². The summed E-state index contributed by atoms with van der Waals surface area (Å²) in [5.74, 6) is -0.904. The third-order valence-corrected chi connectivity index (χ3v) is 4.37. The van der Waals surface area contributed by atoms with Crippen LogP contribution in [0.25, 0.3) is 0 Å². The molecule has 6 heteroatoms. The number of hydrogen-bond donors (Lipinski definition) is 0. The number of anilines is 1. The maximum absolute atomic E-state index is 12.1. The third kappa shape index (κ3) is 2.77. The molecule has 1 fully saturated rings. The Balaban J connectivity index is 1.64. The van der Waals surface area contributed by atoms with Crippen molar-refractivity contribution < 1.29 is 23.9 Å². The van der Waals surface area contributed by atoms with Gasteiger partial charge in [0.15, 0.2) is 0 Å². The van der Waals surface area contributed by atoms with Crippen LogP contribution in [0.4, 0.5) is 5.69 Å². The first kappa shape index (κ1) is 15.4. The van der Waals surface area contributed by atoms with Crippen molar-refractivity contribution in [2.24, 2.45) is 5.92 Å². The van der Waals surface area contributed by atoms with Gasteiger partial charge in [-0.05, 0) is 31.2 Å². The standard InChI is InChI=1S/C17H17NO5/c1-11-9-23-17(11,2)10-22-16(21)12-3-5-13(6-4-12)18-14(19)7-8-15(18)20/h3-8,11H,9-10H2,1-2H3. The summed E-state index contributed by atoms with van der Waals surface area (Å²) in [5.41, 5.74) is 0.358. The van der Waals surface area contributed by atoms with Crippen molar-refractivity contribution in [2.75, 3.05) is 18.1 Å². The van der Waals surface area contributed by atoms with Gasteiger partial charge in [0.05, 0.1) is 17.9 Å². The number of ether oxygens (including phenoxy) is 2. The Bertz CT molecular complexity index is 675. The molecule has 0 bridgehead atoms. The van der Waals surface area contributed by atoms with Gasteiger partial charge in [-0.15, -0.1) is 0 Å². The average Bonchev–Trinajstić information content (AvgIpc) is 2.89. The summed E-state index contributed by atoms with van der Waals surface area (Å²) in [4.78, 5) is 36.3. The van der Waals surface area contributed by atoms with Crippen molar-refractivity contribution in [2.45, 2.75) is 19.4 Å². The Morgan fingerprint density at radius 1 is 1.26 bits per heavy atom. The van der Waals surface area contributed by atoms with Gasteiger partial charge in [0.2, 0.25) is 0 Å². The molecule has 2 heterocycles. The summed E-state index contributed by atoms with van der Waals surface area (Å²) in [6.45, 7) is 4.83. The van der Waals surface area contributed by atoms with Gasteiger partial charge in [-0.25, -0.2) is 9.69 Å². The lowest BCUT2D eigenvalue weighted by Crippen LogP contribution is -2.53. The van der Waals surface area contributed by atoms with Crippen LogP contribution in [0, 0.1) is 5.92 Å². The van der Waals surface area contributed by atoms with Crippen LogP contribution in [0.5, 0.6) is 0 Å². The molecule has 3 rings (SSSR count). The van der Waals surface area contributed by atoms with E-state index in [0.717, 1.165) is 4.90 Å². The summed E-state index contributed by atoms with van der Waals surface area (Å²) >= 11 is 0. The second kappa shape index (κ2) is 5.62. The molecule has 0 saturated carbocycles. The molecular formula is C17H17NO5. The molecule has 0 spiro atoms. The molecular weight excluding hydrogens is 298 g/mol. The molecule has 0 radical (unpaired) electrons. The van der Waals surface area contributed by atoms with Gasteiger partial charge in [-0.1, -0.05) is 6.92 Å². The van der Waals surface area contributed by atoms with Crippen LogP contribution in [0.3, 0.4) is 0 Å². The number of benzene rings is 1. The van der Waals surface area contributed by atoms with Gasteiger partial charge in [-0.2, -0.15) is 0 Å². The molecule has 1 aromatic carbocycles. The molecule has 2 atom stereocenters. The number of imide groups is 1. The first-order valence-electron chi connectivity index (χ1n) is 7.38. The van der Waals surface area contributed by atoms with E-state index in [2.05, 4.69) is 0 Å². The maximum atomic E-state index is 12.1. The van der Waals surface area contributed by atoms with E-state index in [9.17, 15) is 14.4 Å². The Labute approximate surface area is 133 Å². The summed E-state index contributed by atoms with van der Waals surface area (Å²) in [6, 6.07) is 6.15. The second-order valence-corrected chi connectivity index (χ2v) is 5.99. The lowest BCUT2D eigenvalue weighted by Gasteiger charge is -2.44. The fraction of sp³-hybridized carbons (Fsp3) is 0.353. The first-order valence-corrected chi connectivity index (χ1v) is 7.38. The number of carbonyl (C=O) groups is 3. The Morgan fingerprint density at radius 3 is 2.35 bits per heavy atom. The minimum absolute atomic E-state index is 0.196. The van der Waals surface area contributed by atoms with E-state index in [1.165, 1.54) is 24.3 Å². The van der Waals surface area contributed by atoms with E-state index < -0.39 is 23.4 Å². The normalized spacial score (nSPS) is 26.3. The smallest absolute Gasteiger partial charge is 0.338 e. The lowest BCUT2D eigenvalue weighted by molar-refractivity contribution is -0.204. The van der Waals surface area contributed by atoms with E-state index in [0.29, 0.717) is 23.8 Å². The predicted molar refractivity (Wildman–Crippen MR) is 81.9 cm³/mol. The van der Waals surface area contributed by atoms with Gasteiger partial charge < -0.3 is 9.47 Å². The fourth-order valence-electron chi connectivity index (χ4n) is 2.41. The molecule has 0 aliphatic carbocycles. The molecule has 2 amide bonds. The zero-order valence-corrected chi connectivity index (χ0v) is 12.9. The average molecular weight is 315 g/mol. The number of carbonyl (C=O) groups excluding carboxylic acids is 3. The Hall–Kier alpha value is -2.47. The van der Waals surface area contributed by atoms with Crippen LogP contribution in [0.1, 0.15) is 24.2 Å². The van der Waals surface area contributed by atoms with Crippen LogP contribution in [0.15, 0.2) is 36.4 Å². The maximum Gasteiger partial charge on any atom is 0.338 e. The third-order valence-electron chi connectivity index (χ3n) is 4.37. The van der Waals surface area contributed by atoms with Crippen molar-refractivity contribution in [3.63, 3.8) is 0 Å². The number of esters is 1. The van der Waals surface area contributed by atoms with Gasteiger partial charge >= 0.3 is 5.97 Å². The van der Waals surface area contributed by atoms with Gasteiger partial charge in [0.1, 0.15) is 12.2 Å². The van der Waals surface area contributed by atoms with Gasteiger partial charge in [0.25, 0.3) is 11.8 Å². The van der Waals surface area contributed by atoms with E-state index in [1.807, 2.05) is 13.8 Å². The zero-order valence-electron chi connectivity index (χ0n) is 12.9. The quantitative estimate of drug-likeness (QED) is 0.624. The highest BCUT2D eigenvalue weighted by Crippen LogP contribution is 2.32. The molecule has 2 aliphatic heterocycles. The van der Waals surface area contributed by atoms with Crippen molar-refractivity contribution in [1.82, 2.24) is 0 Å². The Morgan fingerprint density at radius 2 is 1.87 bits per heavy atom. The van der Waals surface area contributed by atoms with Crippen LogP contribution in [-0.2, 0) is 19.1 Å². The minimum atomic E-state index is -0.460. The van der Waals surface area contributed by atoms with Crippen LogP contribution in [0.2, 0.25) is 0 Å². The van der Waals surface area contributed by atoms with Crippen LogP contribution in [-0.4, -0.2) is 36.6 Å². The molecule has 0 N–H and O–H groups in total. The summed E-state index contributed by atoms with van der Waals surface area (Å²) < 4.78 is 10.8. The summed E-state index contributed by atoms with van der Waals surface area (Å²) in [5, 5.41) is 0. The molecule has 6 nitrogen and oxygen atoms in total. The lowest BCUT2D eigenvalue weighted by atomic mass is 9.87. The van der Waals surface area contributed by atoms with Crippen molar-refractivity contribution >= 4 is 23.5 Å². The first-order chi connectivity index (χ1) is 10.9. The SMILES string of the molecule is CC1COC1(C)COC(=O)c1ccc(N2C(=O)C=CC2=O)cc1. The summed E-state index contributed by atoms with van der Waals surface area (Å²) in [6.07, 6.45) is 2.43. The summed E-state index contributed by atoms with van der Waals surface area (Å²) in [7, 11) is 0. The number of hydrogen-bond acceptors (Lipinski definition) is 5. The minimum Gasteiger partial charge on any atom is -0.459 e. The predicted octanol–water partition coefficient (Wildman–Crippen LogP) is 1.70. The molecule has 1 saturated heterocycles. The van der Waals surface area contributed by atoms with Crippen molar-refractivity contribution in [3.05, 3.63) is 42.0 Å². The molecule has 120 valence electrons. The molecule has 1 aromatic rings. The number of rotatable bonds is 4. The van der Waals surface area contributed by atoms with Crippen molar-refractivity contribution in [1.29, 1.82) is 0 Å². The van der Waals surface area contributed by atoms with Crippen molar-refractivity contribution in [3.8, 4) is 0 Å². The number of nitrogens with zero attached hydrogens (tertiary/aromatic N) is 1. The van der Waals surface area contributed by atoms with E-state index in [-0.39, 0.29) is 6.61 Å². The largest absolute Gasteiger partial charge is 0.459 e. The molecule has 2 aliphatic rings. The highest BCUT2D eigenvalue weighted by molar-refractivity contribution is 6.28. The molecule has 2 unspecified atom stereocenters. The topological polar surface area (TPSA) is 72.9 Å². The zero-order chi connectivity index (χ0) is 16.6. The van der Waals surface area contributed by atoms with Gasteiger partial charge in [-0.3, -0.25) is 9.59 Å². The van der Waals surface area contributed by atoms with E-state index >= 15 is 0 Å². The number of amides is 2. The van der Waals surface area contributed by atoms with E-state index in [1.54, 1.807) is 12.1 Å². The Kier molecular flexibility index (Phi) is 3.77.